The maximum atomic E-state index is 11.5. The van der Waals surface area contributed by atoms with Crippen molar-refractivity contribution in [2.75, 3.05) is 7.11 Å². The molecule has 4 heteroatoms. The van der Waals surface area contributed by atoms with Crippen LogP contribution in [0.1, 0.15) is 38.0 Å². The molecule has 4 nitrogen and oxygen atoms in total. The van der Waals surface area contributed by atoms with Gasteiger partial charge in [0.1, 0.15) is 17.4 Å². The molecule has 0 fully saturated rings. The minimum absolute atomic E-state index is 0.252. The number of nitrogens with one attached hydrogen (secondary N) is 1. The number of hydrogen-bond acceptors (Lipinski definition) is 4. The van der Waals surface area contributed by atoms with E-state index in [-0.39, 0.29) is 12.0 Å². The first-order valence-corrected chi connectivity index (χ1v) is 7.47. The standard InChI is InChI=1S/C17H23NO3/c1-4-5-9-16-14(11-18-12(2)17(19)20-3)13-8-6-7-10-15(13)21-16/h6-8,10,12,18H,4-5,9,11H2,1-3H3/t12-/m0/s1. The molecular formula is C17H23NO3. The first kappa shape index (κ1) is 15.6. The molecule has 0 radical (unpaired) electrons. The van der Waals surface area contributed by atoms with Gasteiger partial charge in [0.05, 0.1) is 7.11 Å². The molecule has 1 atom stereocenters. The van der Waals surface area contributed by atoms with Crippen LogP contribution in [-0.4, -0.2) is 19.1 Å². The quantitative estimate of drug-likeness (QED) is 0.793. The Hall–Kier alpha value is -1.81. The number of methoxy groups -OCH3 is 1. The summed E-state index contributed by atoms with van der Waals surface area (Å²) < 4.78 is 10.7. The second-order valence-electron chi connectivity index (χ2n) is 5.23. The molecule has 0 unspecified atom stereocenters. The van der Waals surface area contributed by atoms with Gasteiger partial charge in [0, 0.05) is 23.9 Å². The molecule has 1 aromatic carbocycles. The van der Waals surface area contributed by atoms with Crippen LogP contribution in [0.2, 0.25) is 0 Å². The van der Waals surface area contributed by atoms with Gasteiger partial charge in [0.25, 0.3) is 0 Å². The number of carbonyl (C=O) groups excluding carboxylic acids is 1. The summed E-state index contributed by atoms with van der Waals surface area (Å²) >= 11 is 0. The molecule has 0 aliphatic heterocycles. The van der Waals surface area contributed by atoms with Crippen molar-refractivity contribution in [3.05, 3.63) is 35.6 Å². The topological polar surface area (TPSA) is 51.5 Å². The van der Waals surface area contributed by atoms with Gasteiger partial charge in [-0.1, -0.05) is 31.5 Å². The third-order valence-electron chi connectivity index (χ3n) is 3.68. The van der Waals surface area contributed by atoms with Crippen molar-refractivity contribution < 1.29 is 13.9 Å². The zero-order valence-corrected chi connectivity index (χ0v) is 12.9. The molecule has 0 amide bonds. The van der Waals surface area contributed by atoms with Crippen molar-refractivity contribution >= 4 is 16.9 Å². The number of aryl methyl sites for hydroxylation is 1. The number of para-hydroxylation sites is 1. The molecule has 1 heterocycles. The molecule has 1 N–H and O–H groups in total. The molecule has 0 bridgehead atoms. The van der Waals surface area contributed by atoms with E-state index in [1.165, 1.54) is 7.11 Å². The summed E-state index contributed by atoms with van der Waals surface area (Å²) in [6, 6.07) is 7.70. The van der Waals surface area contributed by atoms with Crippen LogP contribution in [0, 0.1) is 0 Å². The van der Waals surface area contributed by atoms with Crippen molar-refractivity contribution in [1.82, 2.24) is 5.32 Å². The second kappa shape index (κ2) is 7.27. The molecule has 21 heavy (non-hydrogen) atoms. The predicted octanol–water partition coefficient (Wildman–Crippen LogP) is 3.43. The molecule has 0 saturated heterocycles. The first-order chi connectivity index (χ1) is 10.2. The van der Waals surface area contributed by atoms with E-state index in [4.69, 9.17) is 9.15 Å². The van der Waals surface area contributed by atoms with E-state index >= 15 is 0 Å². The van der Waals surface area contributed by atoms with Crippen LogP contribution in [0.4, 0.5) is 0 Å². The van der Waals surface area contributed by atoms with Crippen molar-refractivity contribution in [2.45, 2.75) is 45.7 Å². The van der Waals surface area contributed by atoms with Crippen LogP contribution in [-0.2, 0) is 22.5 Å². The Morgan fingerprint density at radius 1 is 1.38 bits per heavy atom. The van der Waals surface area contributed by atoms with E-state index < -0.39 is 0 Å². The van der Waals surface area contributed by atoms with E-state index in [0.29, 0.717) is 6.54 Å². The fraction of sp³-hybridized carbons (Fsp3) is 0.471. The minimum Gasteiger partial charge on any atom is -0.468 e. The number of carbonyl (C=O) groups is 1. The maximum Gasteiger partial charge on any atom is 0.322 e. The summed E-state index contributed by atoms with van der Waals surface area (Å²) in [5, 5.41) is 4.33. The lowest BCUT2D eigenvalue weighted by atomic mass is 10.1. The summed E-state index contributed by atoms with van der Waals surface area (Å²) in [7, 11) is 1.40. The van der Waals surface area contributed by atoms with Crippen LogP contribution in [0.15, 0.2) is 28.7 Å². The maximum absolute atomic E-state index is 11.5. The predicted molar refractivity (Wildman–Crippen MR) is 83.1 cm³/mol. The number of benzene rings is 1. The average molecular weight is 289 g/mol. The third-order valence-corrected chi connectivity index (χ3v) is 3.68. The molecule has 0 saturated carbocycles. The van der Waals surface area contributed by atoms with Gasteiger partial charge in [-0.05, 0) is 19.4 Å². The van der Waals surface area contributed by atoms with Gasteiger partial charge in [-0.15, -0.1) is 0 Å². The fourth-order valence-corrected chi connectivity index (χ4v) is 2.40. The number of rotatable bonds is 7. The van der Waals surface area contributed by atoms with Crippen LogP contribution < -0.4 is 5.32 Å². The summed E-state index contributed by atoms with van der Waals surface area (Å²) in [6.07, 6.45) is 3.15. The third kappa shape index (κ3) is 3.64. The minimum atomic E-state index is -0.331. The Bertz CT molecular complexity index is 603. The van der Waals surface area contributed by atoms with Gasteiger partial charge < -0.3 is 14.5 Å². The van der Waals surface area contributed by atoms with Gasteiger partial charge in [-0.25, -0.2) is 0 Å². The summed E-state index contributed by atoms with van der Waals surface area (Å²) in [5.41, 5.74) is 2.06. The fourth-order valence-electron chi connectivity index (χ4n) is 2.40. The van der Waals surface area contributed by atoms with Gasteiger partial charge >= 0.3 is 5.97 Å². The van der Waals surface area contributed by atoms with Gasteiger partial charge in [0.2, 0.25) is 0 Å². The van der Waals surface area contributed by atoms with E-state index in [2.05, 4.69) is 18.3 Å². The van der Waals surface area contributed by atoms with Crippen LogP contribution in [0.25, 0.3) is 11.0 Å². The SMILES string of the molecule is CCCCc1oc2ccccc2c1CN[C@@H](C)C(=O)OC. The molecule has 1 aromatic heterocycles. The van der Waals surface area contributed by atoms with Crippen LogP contribution in [0.3, 0.4) is 0 Å². The number of furan rings is 1. The van der Waals surface area contributed by atoms with E-state index in [9.17, 15) is 4.79 Å². The van der Waals surface area contributed by atoms with Gasteiger partial charge in [-0.2, -0.15) is 0 Å². The Morgan fingerprint density at radius 2 is 2.14 bits per heavy atom. The number of unbranched alkanes of at least 4 members (excludes halogenated alkanes) is 1. The monoisotopic (exact) mass is 289 g/mol. The van der Waals surface area contributed by atoms with E-state index in [1.807, 2.05) is 18.2 Å². The highest BCUT2D eigenvalue weighted by Crippen LogP contribution is 2.27. The number of esters is 1. The van der Waals surface area contributed by atoms with E-state index in [1.54, 1.807) is 6.92 Å². The Kier molecular flexibility index (Phi) is 5.39. The van der Waals surface area contributed by atoms with Crippen molar-refractivity contribution in [1.29, 1.82) is 0 Å². The Labute approximate surface area is 125 Å². The molecule has 2 aromatic rings. The van der Waals surface area contributed by atoms with Gasteiger partial charge in [0.15, 0.2) is 0 Å². The summed E-state index contributed by atoms with van der Waals surface area (Å²) in [4.78, 5) is 11.5. The average Bonchev–Trinajstić information content (AvgIpc) is 2.87. The zero-order valence-electron chi connectivity index (χ0n) is 12.9. The molecule has 0 aliphatic carbocycles. The lowest BCUT2D eigenvalue weighted by molar-refractivity contribution is -0.142. The highest BCUT2D eigenvalue weighted by Gasteiger charge is 2.17. The zero-order chi connectivity index (χ0) is 15.2. The lowest BCUT2D eigenvalue weighted by Crippen LogP contribution is -2.34. The van der Waals surface area contributed by atoms with Crippen molar-refractivity contribution in [3.8, 4) is 0 Å². The summed E-state index contributed by atoms with van der Waals surface area (Å²) in [6.45, 7) is 4.58. The normalized spacial score (nSPS) is 12.5. The van der Waals surface area contributed by atoms with Crippen molar-refractivity contribution in [3.63, 3.8) is 0 Å². The largest absolute Gasteiger partial charge is 0.468 e. The molecule has 0 aliphatic rings. The van der Waals surface area contributed by atoms with Gasteiger partial charge in [-0.3, -0.25) is 4.79 Å². The first-order valence-electron chi connectivity index (χ1n) is 7.47. The molecule has 2 rings (SSSR count). The van der Waals surface area contributed by atoms with Crippen LogP contribution >= 0.6 is 0 Å². The lowest BCUT2D eigenvalue weighted by Gasteiger charge is -2.11. The molecular weight excluding hydrogens is 266 g/mol. The number of hydrogen-bond donors (Lipinski definition) is 1. The second-order valence-corrected chi connectivity index (χ2v) is 5.23. The summed E-state index contributed by atoms with van der Waals surface area (Å²) in [5.74, 6) is 0.764. The van der Waals surface area contributed by atoms with Crippen LogP contribution in [0.5, 0.6) is 0 Å². The highest BCUT2D eigenvalue weighted by molar-refractivity contribution is 5.82. The molecule has 114 valence electrons. The van der Waals surface area contributed by atoms with E-state index in [0.717, 1.165) is 41.6 Å². The number of fused-ring (bicyclic) bond motifs is 1. The number of ether oxygens (including phenoxy) is 1. The molecule has 0 spiro atoms. The Morgan fingerprint density at radius 3 is 2.86 bits per heavy atom. The smallest absolute Gasteiger partial charge is 0.322 e. The highest BCUT2D eigenvalue weighted by atomic mass is 16.5. The Balaban J connectivity index is 2.21. The van der Waals surface area contributed by atoms with Crippen molar-refractivity contribution in [2.24, 2.45) is 0 Å².